The van der Waals surface area contributed by atoms with Gasteiger partial charge in [0.1, 0.15) is 24.4 Å². The van der Waals surface area contributed by atoms with Crippen LogP contribution in [0.1, 0.15) is 206 Å². The smallest absolute Gasteiger partial charge is 0.220 e. The summed E-state index contributed by atoms with van der Waals surface area (Å²) >= 11 is 0. The van der Waals surface area contributed by atoms with Gasteiger partial charge in [-0.05, 0) is 77.0 Å². The Balaban J connectivity index is 2.23. The van der Waals surface area contributed by atoms with Crippen molar-refractivity contribution in [1.82, 2.24) is 5.32 Å². The summed E-state index contributed by atoms with van der Waals surface area (Å²) in [6.07, 6.45) is 59.9. The molecule has 384 valence electrons. The predicted octanol–water partition coefficient (Wildman–Crippen LogP) is 12.8. The minimum atomic E-state index is -1.56. The topological polar surface area (TPSA) is 149 Å². The molecule has 6 N–H and O–H groups in total. The minimum Gasteiger partial charge on any atom is -0.394 e. The molecule has 9 nitrogen and oxygen atoms in total. The summed E-state index contributed by atoms with van der Waals surface area (Å²) in [6.45, 7) is 3.70. The zero-order valence-corrected chi connectivity index (χ0v) is 42.4. The van der Waals surface area contributed by atoms with Gasteiger partial charge in [0.05, 0.1) is 25.4 Å². The van der Waals surface area contributed by atoms with Crippen LogP contribution in [0.3, 0.4) is 0 Å². The number of nitrogens with one attached hydrogen (secondary N) is 1. The third kappa shape index (κ3) is 36.7. The van der Waals surface area contributed by atoms with Gasteiger partial charge in [-0.15, -0.1) is 0 Å². The SMILES string of the molecule is CC/C=C\C/C=C\C/C=C\C/C=C\C/C=C\C/C=C\C/C=C\C/C=C\CCCCCCCCC(=O)NC(COC1OC(CO)C(O)C(O)C1O)C(O)CCCCCCCCCCCCCCC. The van der Waals surface area contributed by atoms with Crippen molar-refractivity contribution >= 4 is 5.91 Å². The number of carbonyl (C=O) groups is 1. The molecule has 0 aromatic heterocycles. The zero-order chi connectivity index (χ0) is 48.7. The molecule has 1 amide bonds. The Morgan fingerprint density at radius 2 is 0.925 bits per heavy atom. The second-order valence-electron chi connectivity index (χ2n) is 18.3. The van der Waals surface area contributed by atoms with Crippen LogP contribution in [0, 0.1) is 0 Å². The van der Waals surface area contributed by atoms with Gasteiger partial charge in [0.15, 0.2) is 6.29 Å². The molecule has 0 radical (unpaired) electrons. The maximum Gasteiger partial charge on any atom is 0.220 e. The van der Waals surface area contributed by atoms with Crippen molar-refractivity contribution in [3.05, 3.63) is 97.2 Å². The fraction of sp³-hybridized carbons (Fsp3) is 0.707. The van der Waals surface area contributed by atoms with E-state index in [9.17, 15) is 30.3 Å². The van der Waals surface area contributed by atoms with Crippen LogP contribution in [0.2, 0.25) is 0 Å². The summed E-state index contributed by atoms with van der Waals surface area (Å²) < 4.78 is 11.3. The Hall–Kier alpha value is -2.89. The Kier molecular flexibility index (Phi) is 43.4. The zero-order valence-electron chi connectivity index (χ0n) is 42.4. The molecule has 1 heterocycles. The maximum absolute atomic E-state index is 13.0. The van der Waals surface area contributed by atoms with E-state index in [4.69, 9.17) is 9.47 Å². The molecule has 1 aliphatic rings. The number of ether oxygens (including phenoxy) is 2. The van der Waals surface area contributed by atoms with Gasteiger partial charge < -0.3 is 40.3 Å². The number of carbonyl (C=O) groups excluding carboxylic acids is 1. The van der Waals surface area contributed by atoms with Gasteiger partial charge in [-0.25, -0.2) is 0 Å². The van der Waals surface area contributed by atoms with Crippen molar-refractivity contribution in [2.45, 2.75) is 249 Å². The summed E-state index contributed by atoms with van der Waals surface area (Å²) in [5.74, 6) is -0.164. The summed E-state index contributed by atoms with van der Waals surface area (Å²) in [5, 5.41) is 54.5. The van der Waals surface area contributed by atoms with Crippen LogP contribution < -0.4 is 5.32 Å². The number of rotatable bonds is 44. The van der Waals surface area contributed by atoms with E-state index in [1.54, 1.807) is 0 Å². The van der Waals surface area contributed by atoms with E-state index in [2.05, 4.69) is 116 Å². The van der Waals surface area contributed by atoms with Crippen LogP contribution in [0.25, 0.3) is 0 Å². The fourth-order valence-electron chi connectivity index (χ4n) is 7.94. The van der Waals surface area contributed by atoms with E-state index in [0.29, 0.717) is 12.8 Å². The summed E-state index contributed by atoms with van der Waals surface area (Å²) in [6, 6.07) is -0.733. The molecule has 0 saturated carbocycles. The van der Waals surface area contributed by atoms with Crippen molar-refractivity contribution in [2.24, 2.45) is 0 Å². The van der Waals surface area contributed by atoms with Gasteiger partial charge in [-0.3, -0.25) is 4.79 Å². The number of aliphatic hydroxyl groups excluding tert-OH is 5. The molecule has 0 bridgehead atoms. The Labute approximate surface area is 409 Å². The average molecular weight is 938 g/mol. The van der Waals surface area contributed by atoms with E-state index in [1.165, 1.54) is 64.2 Å². The lowest BCUT2D eigenvalue weighted by atomic mass is 9.99. The van der Waals surface area contributed by atoms with Gasteiger partial charge >= 0.3 is 0 Å². The number of hydrogen-bond acceptors (Lipinski definition) is 8. The van der Waals surface area contributed by atoms with Crippen LogP contribution in [-0.4, -0.2) is 87.5 Å². The van der Waals surface area contributed by atoms with E-state index in [-0.39, 0.29) is 12.5 Å². The summed E-state index contributed by atoms with van der Waals surface area (Å²) in [5.41, 5.74) is 0. The molecule has 0 spiro atoms. The lowest BCUT2D eigenvalue weighted by Gasteiger charge is -2.40. The molecule has 0 aromatic carbocycles. The number of allylic oxidation sites excluding steroid dienone is 16. The monoisotopic (exact) mass is 938 g/mol. The highest BCUT2D eigenvalue weighted by Gasteiger charge is 2.44. The average Bonchev–Trinajstić information content (AvgIpc) is 3.33. The Bertz CT molecular complexity index is 1370. The number of aliphatic hydroxyl groups is 5. The second-order valence-corrected chi connectivity index (χ2v) is 18.3. The third-order valence-electron chi connectivity index (χ3n) is 12.2. The van der Waals surface area contributed by atoms with Crippen LogP contribution in [-0.2, 0) is 14.3 Å². The molecule has 0 aliphatic carbocycles. The molecule has 7 atom stereocenters. The Morgan fingerprint density at radius 1 is 0.522 bits per heavy atom. The van der Waals surface area contributed by atoms with E-state index in [0.717, 1.165) is 116 Å². The first-order chi connectivity index (χ1) is 32.8. The van der Waals surface area contributed by atoms with Crippen molar-refractivity contribution in [3.8, 4) is 0 Å². The summed E-state index contributed by atoms with van der Waals surface area (Å²) in [7, 11) is 0. The van der Waals surface area contributed by atoms with Gasteiger partial charge in [0.2, 0.25) is 5.91 Å². The van der Waals surface area contributed by atoms with Gasteiger partial charge in [0.25, 0.3) is 0 Å². The van der Waals surface area contributed by atoms with Crippen LogP contribution in [0.4, 0.5) is 0 Å². The van der Waals surface area contributed by atoms with Crippen LogP contribution >= 0.6 is 0 Å². The van der Waals surface area contributed by atoms with E-state index in [1.807, 2.05) is 0 Å². The van der Waals surface area contributed by atoms with Gasteiger partial charge in [0, 0.05) is 6.42 Å². The van der Waals surface area contributed by atoms with Crippen molar-refractivity contribution in [2.75, 3.05) is 13.2 Å². The molecule has 1 rings (SSSR count). The molecule has 9 heteroatoms. The number of hydrogen-bond donors (Lipinski definition) is 6. The summed E-state index contributed by atoms with van der Waals surface area (Å²) in [4.78, 5) is 13.0. The predicted molar refractivity (Wildman–Crippen MR) is 281 cm³/mol. The first kappa shape index (κ1) is 62.1. The number of unbranched alkanes of at least 4 members (excludes halogenated alkanes) is 18. The highest BCUT2D eigenvalue weighted by molar-refractivity contribution is 5.76. The first-order valence-corrected chi connectivity index (χ1v) is 26.9. The molecule has 1 fully saturated rings. The van der Waals surface area contributed by atoms with Crippen LogP contribution in [0.5, 0.6) is 0 Å². The molecule has 0 aromatic rings. The highest BCUT2D eigenvalue weighted by Crippen LogP contribution is 2.23. The molecular formula is C58H99NO8. The Morgan fingerprint density at radius 3 is 1.37 bits per heavy atom. The van der Waals surface area contributed by atoms with Crippen LogP contribution in [0.15, 0.2) is 97.2 Å². The largest absolute Gasteiger partial charge is 0.394 e. The fourth-order valence-corrected chi connectivity index (χ4v) is 7.94. The molecule has 7 unspecified atom stereocenters. The van der Waals surface area contributed by atoms with E-state index >= 15 is 0 Å². The lowest BCUT2D eigenvalue weighted by Crippen LogP contribution is -2.60. The van der Waals surface area contributed by atoms with Gasteiger partial charge in [-0.2, -0.15) is 0 Å². The molecule has 67 heavy (non-hydrogen) atoms. The third-order valence-corrected chi connectivity index (χ3v) is 12.2. The molecule has 1 saturated heterocycles. The lowest BCUT2D eigenvalue weighted by molar-refractivity contribution is -0.302. The number of amides is 1. The van der Waals surface area contributed by atoms with Gasteiger partial charge in [-0.1, -0.05) is 220 Å². The normalized spacial score (nSPS) is 20.5. The quantitative estimate of drug-likeness (QED) is 0.0261. The maximum atomic E-state index is 13.0. The van der Waals surface area contributed by atoms with Crippen molar-refractivity contribution < 1.29 is 39.8 Å². The molecule has 1 aliphatic heterocycles. The van der Waals surface area contributed by atoms with E-state index < -0.39 is 49.5 Å². The van der Waals surface area contributed by atoms with Crippen molar-refractivity contribution in [1.29, 1.82) is 0 Å². The molecular weight excluding hydrogens is 839 g/mol. The standard InChI is InChI=1S/C58H99NO8/c1-3-5-7-9-11-13-15-17-18-19-20-21-22-23-24-25-26-27-28-29-30-31-32-33-34-36-38-40-42-44-46-48-54(62)59-51(50-66-58-57(65)56(64)55(63)53(49-60)67-58)52(61)47-45-43-41-39-37-35-16-14-12-10-8-6-4-2/h5,7,11,13,17-18,20-21,23-24,26-27,29-30,32-33,51-53,55-58,60-61,63-65H,3-4,6,8-10,12,14-16,19,22,25,28,31,34-50H2,1-2H3,(H,59,62)/b7-5-,13-11-,18-17-,21-20-,24-23-,27-26-,30-29-,33-32-. The second kappa shape index (κ2) is 46.8. The highest BCUT2D eigenvalue weighted by atomic mass is 16.7. The van der Waals surface area contributed by atoms with Crippen molar-refractivity contribution in [3.63, 3.8) is 0 Å². The minimum absolute atomic E-state index is 0.150. The first-order valence-electron chi connectivity index (χ1n) is 26.9.